The molecule has 10 heteroatoms. The number of ether oxygens (including phenoxy) is 1. The Kier molecular flexibility index (Phi) is 5.39. The molecule has 1 N–H and O–H groups in total. The first kappa shape index (κ1) is 20.7. The van der Waals surface area contributed by atoms with Crippen LogP contribution in [0.25, 0.3) is 16.6 Å². The molecule has 0 atom stereocenters. The smallest absolute Gasteiger partial charge is 0.247 e. The van der Waals surface area contributed by atoms with Gasteiger partial charge in [0.15, 0.2) is 5.82 Å². The summed E-state index contributed by atoms with van der Waals surface area (Å²) in [6.45, 7) is 2.98. The maximum absolute atomic E-state index is 14.8. The van der Waals surface area contributed by atoms with Crippen molar-refractivity contribution in [1.82, 2.24) is 19.4 Å². The number of aromatic nitrogens is 4. The summed E-state index contributed by atoms with van der Waals surface area (Å²) < 4.78 is 37.8. The Bertz CT molecular complexity index is 1400. The number of nitrogens with zero attached hydrogens (tertiary/aromatic N) is 5. The summed E-state index contributed by atoms with van der Waals surface area (Å²) in [6.07, 6.45) is 7.49. The lowest BCUT2D eigenvalue weighted by Crippen LogP contribution is -2.12. The molecule has 8 nitrogen and oxygen atoms in total. The van der Waals surface area contributed by atoms with Crippen LogP contribution in [-0.2, 0) is 18.4 Å². The highest BCUT2D eigenvalue weighted by molar-refractivity contribution is 5.99. The number of fused-ring (bicyclic) bond motifs is 1. The maximum Gasteiger partial charge on any atom is 0.247 e. The Labute approximate surface area is 181 Å². The SMILES string of the molecule is C=CC(=O)Nc1c(F)ccc(COc2cc(-c3cnn(C)c3)cn3ncc(C#N)c23)c1F. The summed E-state index contributed by atoms with van der Waals surface area (Å²) in [5.41, 5.74) is 1.60. The molecular formula is C22H16F2N6O2. The van der Waals surface area contributed by atoms with Gasteiger partial charge in [0, 0.05) is 36.1 Å². The maximum atomic E-state index is 14.8. The van der Waals surface area contributed by atoms with Crippen molar-refractivity contribution in [2.75, 3.05) is 5.32 Å². The van der Waals surface area contributed by atoms with E-state index in [0.717, 1.165) is 17.7 Å². The third kappa shape index (κ3) is 3.79. The molecule has 1 amide bonds. The van der Waals surface area contributed by atoms with Crippen LogP contribution in [0.3, 0.4) is 0 Å². The molecule has 0 aliphatic heterocycles. The lowest BCUT2D eigenvalue weighted by molar-refractivity contribution is -0.111. The number of aryl methyl sites for hydroxylation is 1. The molecule has 0 radical (unpaired) electrons. The number of halogens is 2. The fraction of sp³-hybridized carbons (Fsp3) is 0.0909. The minimum atomic E-state index is -0.964. The van der Waals surface area contributed by atoms with Gasteiger partial charge < -0.3 is 10.1 Å². The summed E-state index contributed by atoms with van der Waals surface area (Å²) in [5.74, 6) is -2.36. The van der Waals surface area contributed by atoms with Crippen LogP contribution in [0.1, 0.15) is 11.1 Å². The second-order valence-corrected chi connectivity index (χ2v) is 6.84. The van der Waals surface area contributed by atoms with Gasteiger partial charge in [-0.1, -0.05) is 6.58 Å². The molecule has 0 spiro atoms. The number of hydrogen-bond acceptors (Lipinski definition) is 5. The number of nitriles is 1. The first-order valence-electron chi connectivity index (χ1n) is 9.35. The third-order valence-electron chi connectivity index (χ3n) is 4.72. The van der Waals surface area contributed by atoms with Crippen molar-refractivity contribution >= 4 is 17.1 Å². The number of carbonyl (C=O) groups excluding carboxylic acids is 1. The van der Waals surface area contributed by atoms with Crippen LogP contribution >= 0.6 is 0 Å². The van der Waals surface area contributed by atoms with Crippen LogP contribution in [0.5, 0.6) is 5.75 Å². The van der Waals surface area contributed by atoms with E-state index in [9.17, 15) is 18.8 Å². The summed E-state index contributed by atoms with van der Waals surface area (Å²) in [7, 11) is 1.78. The number of amides is 1. The van der Waals surface area contributed by atoms with E-state index in [2.05, 4.69) is 22.1 Å². The highest BCUT2D eigenvalue weighted by Crippen LogP contribution is 2.31. The standard InChI is InChI=1S/C22H16F2N6O2/c1-3-19(31)28-21-17(23)5-4-13(20(21)24)12-32-18-6-14(16-9-26-29(2)10-16)11-30-22(18)15(7-25)8-27-30/h3-6,8-11H,1,12H2,2H3,(H,28,31). The largest absolute Gasteiger partial charge is 0.486 e. The van der Waals surface area contributed by atoms with Crippen molar-refractivity contribution < 1.29 is 18.3 Å². The first-order chi connectivity index (χ1) is 15.4. The Morgan fingerprint density at radius 3 is 2.78 bits per heavy atom. The average Bonchev–Trinajstić information content (AvgIpc) is 3.41. The molecule has 32 heavy (non-hydrogen) atoms. The topological polar surface area (TPSA) is 97.2 Å². The fourth-order valence-electron chi connectivity index (χ4n) is 3.16. The van der Waals surface area contributed by atoms with Crippen LogP contribution in [0.15, 0.2) is 55.6 Å². The zero-order valence-electron chi connectivity index (χ0n) is 16.8. The fourth-order valence-corrected chi connectivity index (χ4v) is 3.16. The average molecular weight is 434 g/mol. The lowest BCUT2D eigenvalue weighted by atomic mass is 10.1. The molecule has 0 unspecified atom stereocenters. The van der Waals surface area contributed by atoms with E-state index in [1.54, 1.807) is 36.4 Å². The summed E-state index contributed by atoms with van der Waals surface area (Å²) in [4.78, 5) is 11.5. The van der Waals surface area contributed by atoms with E-state index < -0.39 is 23.2 Å². The van der Waals surface area contributed by atoms with Crippen LogP contribution < -0.4 is 10.1 Å². The highest BCUT2D eigenvalue weighted by atomic mass is 19.1. The van der Waals surface area contributed by atoms with Crippen molar-refractivity contribution in [2.24, 2.45) is 7.05 Å². The van der Waals surface area contributed by atoms with E-state index in [4.69, 9.17) is 4.74 Å². The molecule has 0 saturated heterocycles. The molecular weight excluding hydrogens is 418 g/mol. The van der Waals surface area contributed by atoms with Crippen LogP contribution in [-0.4, -0.2) is 25.3 Å². The van der Waals surface area contributed by atoms with E-state index in [1.165, 1.54) is 16.8 Å². The quantitative estimate of drug-likeness (QED) is 0.468. The molecule has 0 saturated carbocycles. The Balaban J connectivity index is 1.72. The second-order valence-electron chi connectivity index (χ2n) is 6.84. The molecule has 0 aliphatic carbocycles. The summed E-state index contributed by atoms with van der Waals surface area (Å²) >= 11 is 0. The number of benzene rings is 1. The second kappa shape index (κ2) is 8.31. The molecule has 0 bridgehead atoms. The number of nitrogens with one attached hydrogen (secondary N) is 1. The number of hydrogen-bond donors (Lipinski definition) is 1. The monoisotopic (exact) mass is 434 g/mol. The van der Waals surface area contributed by atoms with Gasteiger partial charge in [-0.3, -0.25) is 9.48 Å². The number of anilines is 1. The molecule has 1 aromatic carbocycles. The number of carbonyl (C=O) groups is 1. The van der Waals surface area contributed by atoms with Crippen LogP contribution in [0, 0.1) is 23.0 Å². The van der Waals surface area contributed by atoms with Gasteiger partial charge >= 0.3 is 0 Å². The van der Waals surface area contributed by atoms with Gasteiger partial charge in [-0.05, 0) is 24.3 Å². The molecule has 160 valence electrons. The Morgan fingerprint density at radius 1 is 1.28 bits per heavy atom. The van der Waals surface area contributed by atoms with Gasteiger partial charge in [-0.15, -0.1) is 0 Å². The molecule has 3 heterocycles. The molecule has 4 aromatic rings. The normalized spacial score (nSPS) is 10.7. The molecule has 0 fully saturated rings. The van der Waals surface area contributed by atoms with Crippen LogP contribution in [0.4, 0.5) is 14.5 Å². The molecule has 0 aliphatic rings. The Hall–Kier alpha value is -4.52. The minimum absolute atomic E-state index is 0.00807. The van der Waals surface area contributed by atoms with Gasteiger partial charge in [0.2, 0.25) is 5.91 Å². The van der Waals surface area contributed by atoms with Crippen molar-refractivity contribution in [1.29, 1.82) is 5.26 Å². The predicted molar refractivity (Wildman–Crippen MR) is 112 cm³/mol. The van der Waals surface area contributed by atoms with Gasteiger partial charge in [0.05, 0.1) is 12.4 Å². The van der Waals surface area contributed by atoms with Gasteiger partial charge in [0.25, 0.3) is 0 Å². The van der Waals surface area contributed by atoms with Gasteiger partial charge in [-0.25, -0.2) is 13.3 Å². The molecule has 3 aromatic heterocycles. The van der Waals surface area contributed by atoms with Gasteiger partial charge in [-0.2, -0.15) is 15.5 Å². The van der Waals surface area contributed by atoms with E-state index in [1.807, 2.05) is 6.07 Å². The van der Waals surface area contributed by atoms with Crippen molar-refractivity contribution in [3.63, 3.8) is 0 Å². The zero-order chi connectivity index (χ0) is 22.8. The lowest BCUT2D eigenvalue weighted by Gasteiger charge is -2.13. The summed E-state index contributed by atoms with van der Waals surface area (Å²) in [6, 6.07) is 5.99. The Morgan fingerprint density at radius 2 is 2.09 bits per heavy atom. The van der Waals surface area contributed by atoms with Crippen molar-refractivity contribution in [3.05, 3.63) is 78.4 Å². The van der Waals surface area contributed by atoms with E-state index >= 15 is 0 Å². The van der Waals surface area contributed by atoms with E-state index in [0.29, 0.717) is 11.1 Å². The third-order valence-corrected chi connectivity index (χ3v) is 4.72. The number of rotatable bonds is 6. The highest BCUT2D eigenvalue weighted by Gasteiger charge is 2.18. The van der Waals surface area contributed by atoms with Crippen molar-refractivity contribution in [2.45, 2.75) is 6.61 Å². The predicted octanol–water partition coefficient (Wildman–Crippen LogP) is 3.59. The van der Waals surface area contributed by atoms with Gasteiger partial charge in [0.1, 0.15) is 41.0 Å². The van der Waals surface area contributed by atoms with E-state index in [-0.39, 0.29) is 23.5 Å². The number of pyridine rings is 1. The summed E-state index contributed by atoms with van der Waals surface area (Å²) in [5, 5.41) is 19.9. The van der Waals surface area contributed by atoms with Crippen LogP contribution in [0.2, 0.25) is 0 Å². The van der Waals surface area contributed by atoms with Crippen molar-refractivity contribution in [3.8, 4) is 22.9 Å². The molecule has 4 rings (SSSR count). The first-order valence-corrected chi connectivity index (χ1v) is 9.35. The minimum Gasteiger partial charge on any atom is -0.486 e. The zero-order valence-corrected chi connectivity index (χ0v) is 16.8.